The van der Waals surface area contributed by atoms with Crippen LogP contribution in [-0.2, 0) is 0 Å². The Bertz CT molecular complexity index is 751. The van der Waals surface area contributed by atoms with Crippen molar-refractivity contribution in [3.8, 4) is 6.07 Å². The SMILES string of the molecule is N#Cc1cc(Nc2c(F)cc(Br)cc2F)ccc1[N+](=O)[O-]. The largest absolute Gasteiger partial charge is 0.351 e. The van der Waals surface area contributed by atoms with Crippen LogP contribution in [0, 0.1) is 33.1 Å². The molecule has 2 rings (SSSR count). The third kappa shape index (κ3) is 3.14. The van der Waals surface area contributed by atoms with Gasteiger partial charge in [-0.2, -0.15) is 5.26 Å². The maximum absolute atomic E-state index is 13.7. The summed E-state index contributed by atoms with van der Waals surface area (Å²) in [4.78, 5) is 10.00. The number of hydrogen-bond donors (Lipinski definition) is 1. The molecule has 0 heterocycles. The normalized spacial score (nSPS) is 10.0. The van der Waals surface area contributed by atoms with Crippen LogP contribution in [-0.4, -0.2) is 4.92 Å². The summed E-state index contributed by atoms with van der Waals surface area (Å²) < 4.78 is 27.6. The number of halogens is 3. The fourth-order valence-electron chi connectivity index (χ4n) is 1.67. The number of nitrogens with zero attached hydrogens (tertiary/aromatic N) is 2. The van der Waals surface area contributed by atoms with Crippen molar-refractivity contribution in [1.29, 1.82) is 5.26 Å². The first kappa shape index (κ1) is 14.9. The molecule has 0 radical (unpaired) electrons. The molecule has 0 atom stereocenters. The second kappa shape index (κ2) is 5.85. The zero-order chi connectivity index (χ0) is 15.6. The maximum atomic E-state index is 13.7. The van der Waals surface area contributed by atoms with Gasteiger partial charge in [0.25, 0.3) is 5.69 Å². The van der Waals surface area contributed by atoms with Gasteiger partial charge in [-0.3, -0.25) is 10.1 Å². The Morgan fingerprint density at radius 3 is 2.38 bits per heavy atom. The molecule has 2 aromatic carbocycles. The summed E-state index contributed by atoms with van der Waals surface area (Å²) in [6, 6.07) is 7.32. The third-order valence-electron chi connectivity index (χ3n) is 2.59. The molecule has 0 aliphatic carbocycles. The summed E-state index contributed by atoms with van der Waals surface area (Å²) >= 11 is 2.96. The van der Waals surface area contributed by atoms with Crippen molar-refractivity contribution in [2.75, 3.05) is 5.32 Å². The minimum Gasteiger partial charge on any atom is -0.351 e. The molecule has 0 saturated heterocycles. The number of nitriles is 1. The van der Waals surface area contributed by atoms with Crippen LogP contribution in [0.5, 0.6) is 0 Å². The van der Waals surface area contributed by atoms with Crippen LogP contribution < -0.4 is 5.32 Å². The first-order valence-electron chi connectivity index (χ1n) is 5.52. The summed E-state index contributed by atoms with van der Waals surface area (Å²) in [6.07, 6.45) is 0. The van der Waals surface area contributed by atoms with E-state index in [1.165, 1.54) is 6.07 Å². The van der Waals surface area contributed by atoms with E-state index in [9.17, 15) is 18.9 Å². The van der Waals surface area contributed by atoms with Crippen molar-refractivity contribution in [2.45, 2.75) is 0 Å². The summed E-state index contributed by atoms with van der Waals surface area (Å²) in [7, 11) is 0. The molecule has 0 bridgehead atoms. The van der Waals surface area contributed by atoms with Gasteiger partial charge < -0.3 is 5.32 Å². The van der Waals surface area contributed by atoms with E-state index in [-0.39, 0.29) is 21.4 Å². The van der Waals surface area contributed by atoms with E-state index in [1.807, 2.05) is 0 Å². The van der Waals surface area contributed by atoms with Crippen LogP contribution in [0.3, 0.4) is 0 Å². The fourth-order valence-corrected chi connectivity index (χ4v) is 2.07. The Balaban J connectivity index is 2.42. The average molecular weight is 354 g/mol. The van der Waals surface area contributed by atoms with Gasteiger partial charge in [0.05, 0.1) is 4.92 Å². The highest BCUT2D eigenvalue weighted by atomic mass is 79.9. The molecule has 8 heteroatoms. The molecule has 2 aromatic rings. The predicted octanol–water partition coefficient (Wildman–Crippen LogP) is 4.25. The van der Waals surface area contributed by atoms with Crippen LogP contribution in [0.2, 0.25) is 0 Å². The highest BCUT2D eigenvalue weighted by molar-refractivity contribution is 9.10. The van der Waals surface area contributed by atoms with Crippen molar-refractivity contribution in [1.82, 2.24) is 0 Å². The van der Waals surface area contributed by atoms with Crippen LogP contribution in [0.25, 0.3) is 0 Å². The Morgan fingerprint density at radius 1 is 1.24 bits per heavy atom. The molecule has 0 aliphatic rings. The third-order valence-corrected chi connectivity index (χ3v) is 3.05. The Labute approximate surface area is 126 Å². The molecular weight excluding hydrogens is 348 g/mol. The minimum atomic E-state index is -0.835. The molecule has 106 valence electrons. The van der Waals surface area contributed by atoms with E-state index < -0.39 is 22.2 Å². The van der Waals surface area contributed by atoms with Gasteiger partial charge in [0, 0.05) is 16.2 Å². The lowest BCUT2D eigenvalue weighted by Crippen LogP contribution is -1.99. The van der Waals surface area contributed by atoms with E-state index in [1.54, 1.807) is 6.07 Å². The van der Waals surface area contributed by atoms with Gasteiger partial charge in [-0.15, -0.1) is 0 Å². The van der Waals surface area contributed by atoms with Gasteiger partial charge >= 0.3 is 0 Å². The highest BCUT2D eigenvalue weighted by Crippen LogP contribution is 2.29. The van der Waals surface area contributed by atoms with Crippen LogP contribution in [0.1, 0.15) is 5.56 Å². The first-order chi connectivity index (χ1) is 9.92. The zero-order valence-corrected chi connectivity index (χ0v) is 11.8. The van der Waals surface area contributed by atoms with Crippen molar-refractivity contribution < 1.29 is 13.7 Å². The molecule has 0 fully saturated rings. The van der Waals surface area contributed by atoms with Crippen LogP contribution in [0.15, 0.2) is 34.8 Å². The number of nitrogens with one attached hydrogen (secondary N) is 1. The number of nitro benzene ring substituents is 1. The van der Waals surface area contributed by atoms with Gasteiger partial charge in [0.2, 0.25) is 0 Å². The van der Waals surface area contributed by atoms with Crippen LogP contribution >= 0.6 is 15.9 Å². The molecule has 21 heavy (non-hydrogen) atoms. The van der Waals surface area contributed by atoms with E-state index >= 15 is 0 Å². The van der Waals surface area contributed by atoms with Crippen molar-refractivity contribution in [2.24, 2.45) is 0 Å². The van der Waals surface area contributed by atoms with E-state index in [0.29, 0.717) is 0 Å². The van der Waals surface area contributed by atoms with Crippen molar-refractivity contribution in [3.05, 3.63) is 62.1 Å². The van der Waals surface area contributed by atoms with Gasteiger partial charge in [0.15, 0.2) is 11.6 Å². The maximum Gasteiger partial charge on any atom is 0.287 e. The molecule has 1 N–H and O–H groups in total. The van der Waals surface area contributed by atoms with Crippen molar-refractivity contribution in [3.63, 3.8) is 0 Å². The second-order valence-electron chi connectivity index (χ2n) is 3.97. The Morgan fingerprint density at radius 2 is 1.86 bits per heavy atom. The molecule has 0 amide bonds. The average Bonchev–Trinajstić information content (AvgIpc) is 2.42. The van der Waals surface area contributed by atoms with Gasteiger partial charge in [-0.05, 0) is 24.3 Å². The quantitative estimate of drug-likeness (QED) is 0.660. The van der Waals surface area contributed by atoms with E-state index in [0.717, 1.165) is 24.3 Å². The molecule has 0 unspecified atom stereocenters. The predicted molar refractivity (Wildman–Crippen MR) is 75.2 cm³/mol. The lowest BCUT2D eigenvalue weighted by molar-refractivity contribution is -0.385. The van der Waals surface area contributed by atoms with E-state index in [4.69, 9.17) is 5.26 Å². The standard InChI is InChI=1S/C13H6BrF2N3O2/c14-8-4-10(15)13(11(16)5-8)18-9-1-2-12(19(20)21)7(3-9)6-17/h1-5,18H. The number of hydrogen-bond acceptors (Lipinski definition) is 4. The minimum absolute atomic E-state index is 0.164. The van der Waals surface area contributed by atoms with Gasteiger partial charge in [-0.1, -0.05) is 15.9 Å². The van der Waals surface area contributed by atoms with Gasteiger partial charge in [-0.25, -0.2) is 8.78 Å². The van der Waals surface area contributed by atoms with Crippen molar-refractivity contribution >= 4 is 33.0 Å². The smallest absolute Gasteiger partial charge is 0.287 e. The summed E-state index contributed by atoms with van der Waals surface area (Å²) in [5.74, 6) is -1.67. The molecular formula is C13H6BrF2N3O2. The molecule has 0 saturated carbocycles. The molecule has 0 aromatic heterocycles. The molecule has 0 aliphatic heterocycles. The lowest BCUT2D eigenvalue weighted by Gasteiger charge is -2.09. The fraction of sp³-hybridized carbons (Fsp3) is 0. The van der Waals surface area contributed by atoms with Crippen LogP contribution in [0.4, 0.5) is 25.8 Å². The Kier molecular flexibility index (Phi) is 4.14. The summed E-state index contributed by atoms with van der Waals surface area (Å²) in [6.45, 7) is 0. The summed E-state index contributed by atoms with van der Waals surface area (Å²) in [5, 5.41) is 22.0. The molecule has 5 nitrogen and oxygen atoms in total. The second-order valence-corrected chi connectivity index (χ2v) is 4.89. The number of anilines is 2. The highest BCUT2D eigenvalue weighted by Gasteiger charge is 2.16. The Hall–Kier alpha value is -2.53. The van der Waals surface area contributed by atoms with Gasteiger partial charge in [0.1, 0.15) is 17.3 Å². The number of rotatable bonds is 3. The van der Waals surface area contributed by atoms with E-state index in [2.05, 4.69) is 21.2 Å². The lowest BCUT2D eigenvalue weighted by atomic mass is 10.1. The molecule has 0 spiro atoms. The first-order valence-corrected chi connectivity index (χ1v) is 6.32. The number of nitro groups is 1. The zero-order valence-electron chi connectivity index (χ0n) is 10.2. The topological polar surface area (TPSA) is 79.0 Å². The monoisotopic (exact) mass is 353 g/mol. The summed E-state index contributed by atoms with van der Waals surface area (Å²) in [5.41, 5.74) is -0.823. The number of benzene rings is 2.